The number of aryl methyl sites for hydroxylation is 1. The van der Waals surface area contributed by atoms with Crippen molar-refractivity contribution in [3.05, 3.63) is 11.8 Å². The highest BCUT2D eigenvalue weighted by molar-refractivity contribution is 7.99. The summed E-state index contributed by atoms with van der Waals surface area (Å²) in [6, 6.07) is 1.54. The number of carbonyl (C=O) groups is 1. The summed E-state index contributed by atoms with van der Waals surface area (Å²) in [4.78, 5) is 20.0. The Morgan fingerprint density at radius 3 is 3.12 bits per heavy atom. The van der Waals surface area contributed by atoms with Crippen LogP contribution in [0.5, 0.6) is 5.88 Å². The Morgan fingerprint density at radius 1 is 1.65 bits per heavy atom. The van der Waals surface area contributed by atoms with Gasteiger partial charge in [0.1, 0.15) is 0 Å². The SMILES string of the molecule is COc1cc(C)nc(NC(=O)C2CSCN2)n1. The van der Waals surface area contributed by atoms with Crippen LogP contribution in [0.4, 0.5) is 5.95 Å². The van der Waals surface area contributed by atoms with E-state index in [0.29, 0.717) is 5.88 Å². The second-order valence-electron chi connectivity index (χ2n) is 3.64. The molecule has 0 aromatic carbocycles. The normalized spacial score (nSPS) is 19.1. The molecular formula is C10H14N4O2S. The predicted octanol–water partition coefficient (Wildman–Crippen LogP) is 0.395. The zero-order chi connectivity index (χ0) is 12.3. The molecule has 0 bridgehead atoms. The number of aromatic nitrogens is 2. The fourth-order valence-electron chi connectivity index (χ4n) is 1.46. The number of methoxy groups -OCH3 is 1. The first-order valence-electron chi connectivity index (χ1n) is 5.20. The van der Waals surface area contributed by atoms with Gasteiger partial charge in [0.05, 0.1) is 13.2 Å². The lowest BCUT2D eigenvalue weighted by Crippen LogP contribution is -2.37. The van der Waals surface area contributed by atoms with Gasteiger partial charge in [-0.05, 0) is 6.92 Å². The summed E-state index contributed by atoms with van der Waals surface area (Å²) >= 11 is 1.69. The number of hydrogen-bond donors (Lipinski definition) is 2. The predicted molar refractivity (Wildman–Crippen MR) is 66.2 cm³/mol. The standard InChI is InChI=1S/C10H14N4O2S/c1-6-3-8(16-2)13-10(12-6)14-9(15)7-4-17-5-11-7/h3,7,11H,4-5H2,1-2H3,(H,12,13,14,15). The molecule has 17 heavy (non-hydrogen) atoms. The van der Waals surface area contributed by atoms with Crippen LogP contribution in [0.3, 0.4) is 0 Å². The highest BCUT2D eigenvalue weighted by Gasteiger charge is 2.23. The van der Waals surface area contributed by atoms with Crippen LogP contribution in [0.15, 0.2) is 6.07 Å². The van der Waals surface area contributed by atoms with E-state index in [0.717, 1.165) is 17.3 Å². The van der Waals surface area contributed by atoms with Gasteiger partial charge in [0.15, 0.2) is 0 Å². The summed E-state index contributed by atoms with van der Waals surface area (Å²) in [5.74, 6) is 2.19. The van der Waals surface area contributed by atoms with Crippen molar-refractivity contribution in [2.24, 2.45) is 0 Å². The van der Waals surface area contributed by atoms with Gasteiger partial charge in [-0.1, -0.05) is 0 Å². The molecule has 1 fully saturated rings. The second kappa shape index (κ2) is 5.33. The molecule has 1 amide bonds. The van der Waals surface area contributed by atoms with Gasteiger partial charge >= 0.3 is 0 Å². The highest BCUT2D eigenvalue weighted by atomic mass is 32.2. The number of amides is 1. The molecule has 0 aliphatic carbocycles. The summed E-state index contributed by atoms with van der Waals surface area (Å²) in [5.41, 5.74) is 0.751. The van der Waals surface area contributed by atoms with Crippen molar-refractivity contribution in [3.8, 4) is 5.88 Å². The Bertz CT molecular complexity index is 421. The van der Waals surface area contributed by atoms with E-state index in [9.17, 15) is 4.79 Å². The Hall–Kier alpha value is -1.34. The molecule has 1 aromatic rings. The Balaban J connectivity index is 2.06. The van der Waals surface area contributed by atoms with E-state index < -0.39 is 0 Å². The van der Waals surface area contributed by atoms with Crippen LogP contribution < -0.4 is 15.4 Å². The van der Waals surface area contributed by atoms with E-state index in [4.69, 9.17) is 4.74 Å². The monoisotopic (exact) mass is 254 g/mol. The van der Waals surface area contributed by atoms with E-state index in [1.807, 2.05) is 6.92 Å². The van der Waals surface area contributed by atoms with Crippen molar-refractivity contribution >= 4 is 23.6 Å². The third-order valence-corrected chi connectivity index (χ3v) is 3.25. The smallest absolute Gasteiger partial charge is 0.244 e. The van der Waals surface area contributed by atoms with Crippen molar-refractivity contribution < 1.29 is 9.53 Å². The van der Waals surface area contributed by atoms with Gasteiger partial charge in [0.2, 0.25) is 17.7 Å². The molecule has 92 valence electrons. The van der Waals surface area contributed by atoms with Gasteiger partial charge in [0.25, 0.3) is 0 Å². The Labute approximate surface area is 104 Å². The van der Waals surface area contributed by atoms with Crippen molar-refractivity contribution in [1.29, 1.82) is 0 Å². The van der Waals surface area contributed by atoms with Crippen LogP contribution in [0, 0.1) is 6.92 Å². The first-order chi connectivity index (χ1) is 8.19. The minimum Gasteiger partial charge on any atom is -0.481 e. The second-order valence-corrected chi connectivity index (χ2v) is 4.67. The number of anilines is 1. The number of hydrogen-bond acceptors (Lipinski definition) is 6. The number of rotatable bonds is 3. The molecule has 1 aromatic heterocycles. The molecule has 1 aliphatic heterocycles. The maximum Gasteiger partial charge on any atom is 0.244 e. The average Bonchev–Trinajstić information content (AvgIpc) is 2.81. The van der Waals surface area contributed by atoms with Crippen molar-refractivity contribution in [3.63, 3.8) is 0 Å². The Kier molecular flexibility index (Phi) is 3.80. The minimum absolute atomic E-state index is 0.109. The van der Waals surface area contributed by atoms with Crippen LogP contribution in [0.1, 0.15) is 5.69 Å². The summed E-state index contributed by atoms with van der Waals surface area (Å²) in [5, 5.41) is 5.77. The summed E-state index contributed by atoms with van der Waals surface area (Å²) in [6.07, 6.45) is 0. The number of carbonyl (C=O) groups excluding carboxylic acids is 1. The van der Waals surface area contributed by atoms with Gasteiger partial charge in [-0.25, -0.2) is 4.98 Å². The highest BCUT2D eigenvalue weighted by Crippen LogP contribution is 2.13. The van der Waals surface area contributed by atoms with Crippen LogP contribution in [0.2, 0.25) is 0 Å². The molecule has 2 rings (SSSR count). The van der Waals surface area contributed by atoms with Gasteiger partial charge in [-0.3, -0.25) is 15.4 Å². The van der Waals surface area contributed by atoms with Crippen LogP contribution in [-0.4, -0.2) is 40.7 Å². The van der Waals surface area contributed by atoms with E-state index >= 15 is 0 Å². The zero-order valence-electron chi connectivity index (χ0n) is 9.69. The molecule has 1 unspecified atom stereocenters. The lowest BCUT2D eigenvalue weighted by molar-refractivity contribution is -0.117. The Morgan fingerprint density at radius 2 is 2.47 bits per heavy atom. The zero-order valence-corrected chi connectivity index (χ0v) is 10.5. The summed E-state index contributed by atoms with van der Waals surface area (Å²) < 4.78 is 5.02. The summed E-state index contributed by atoms with van der Waals surface area (Å²) in [7, 11) is 1.53. The quantitative estimate of drug-likeness (QED) is 0.813. The molecule has 1 saturated heterocycles. The number of nitrogens with zero attached hydrogens (tertiary/aromatic N) is 2. The van der Waals surface area contributed by atoms with Gasteiger partial charge < -0.3 is 4.74 Å². The first kappa shape index (κ1) is 12.1. The van der Waals surface area contributed by atoms with Crippen LogP contribution in [-0.2, 0) is 4.79 Å². The number of thioether (sulfide) groups is 1. The fourth-order valence-corrected chi connectivity index (χ4v) is 2.40. The van der Waals surface area contributed by atoms with Gasteiger partial charge in [-0.2, -0.15) is 4.98 Å². The number of nitrogens with one attached hydrogen (secondary N) is 2. The van der Waals surface area contributed by atoms with Crippen molar-refractivity contribution in [1.82, 2.24) is 15.3 Å². The minimum atomic E-state index is -0.171. The summed E-state index contributed by atoms with van der Waals surface area (Å²) in [6.45, 7) is 1.82. The van der Waals surface area contributed by atoms with Crippen molar-refractivity contribution in [2.75, 3.05) is 24.1 Å². The van der Waals surface area contributed by atoms with Crippen LogP contribution in [0.25, 0.3) is 0 Å². The topological polar surface area (TPSA) is 76.1 Å². The van der Waals surface area contributed by atoms with Crippen LogP contribution >= 0.6 is 11.8 Å². The molecule has 2 heterocycles. The third-order valence-electron chi connectivity index (χ3n) is 2.31. The molecule has 1 aliphatic rings. The lowest BCUT2D eigenvalue weighted by Gasteiger charge is -2.10. The molecule has 0 saturated carbocycles. The first-order valence-corrected chi connectivity index (χ1v) is 6.36. The molecule has 7 heteroatoms. The van der Waals surface area contributed by atoms with Gasteiger partial charge in [0, 0.05) is 23.4 Å². The van der Waals surface area contributed by atoms with E-state index in [2.05, 4.69) is 20.6 Å². The fraction of sp³-hybridized carbons (Fsp3) is 0.500. The van der Waals surface area contributed by atoms with E-state index in [1.165, 1.54) is 7.11 Å². The maximum atomic E-state index is 11.8. The molecule has 0 spiro atoms. The van der Waals surface area contributed by atoms with Gasteiger partial charge in [-0.15, -0.1) is 11.8 Å². The lowest BCUT2D eigenvalue weighted by atomic mass is 10.3. The van der Waals surface area contributed by atoms with Crippen molar-refractivity contribution in [2.45, 2.75) is 13.0 Å². The molecule has 2 N–H and O–H groups in total. The largest absolute Gasteiger partial charge is 0.481 e. The average molecular weight is 254 g/mol. The molecule has 1 atom stereocenters. The third kappa shape index (κ3) is 3.07. The van der Waals surface area contributed by atoms with E-state index in [-0.39, 0.29) is 17.9 Å². The molecule has 0 radical (unpaired) electrons. The molecule has 6 nitrogen and oxygen atoms in total. The maximum absolute atomic E-state index is 11.8. The number of ether oxygens (including phenoxy) is 1. The molecular weight excluding hydrogens is 240 g/mol. The van der Waals surface area contributed by atoms with E-state index in [1.54, 1.807) is 17.8 Å².